The fourth-order valence-electron chi connectivity index (χ4n) is 1.91. The minimum atomic E-state index is -4.52. The maximum absolute atomic E-state index is 12.8. The van der Waals surface area contributed by atoms with E-state index in [9.17, 15) is 13.2 Å². The number of aryl methyl sites for hydroxylation is 1. The molecule has 3 aromatic rings. The Bertz CT molecular complexity index is 761. The fourth-order valence-corrected chi connectivity index (χ4v) is 1.91. The van der Waals surface area contributed by atoms with Gasteiger partial charge in [0.2, 0.25) is 11.9 Å². The van der Waals surface area contributed by atoms with Crippen LogP contribution in [0.1, 0.15) is 11.3 Å². The smallest absolute Gasteiger partial charge is 0.324 e. The van der Waals surface area contributed by atoms with Crippen LogP contribution in [0.2, 0.25) is 0 Å². The molecule has 2 N–H and O–H groups in total. The van der Waals surface area contributed by atoms with Crippen LogP contribution in [-0.4, -0.2) is 19.9 Å². The van der Waals surface area contributed by atoms with Gasteiger partial charge in [-0.25, -0.2) is 15.0 Å². The first-order valence-corrected chi connectivity index (χ1v) is 6.06. The molecule has 0 saturated carbocycles. The summed E-state index contributed by atoms with van der Waals surface area (Å²) in [6, 6.07) is 7.24. The van der Waals surface area contributed by atoms with Crippen LogP contribution < -0.4 is 5.32 Å². The van der Waals surface area contributed by atoms with Crippen molar-refractivity contribution in [2.24, 2.45) is 0 Å². The van der Waals surface area contributed by atoms with Gasteiger partial charge in [0, 0.05) is 6.20 Å². The molecule has 21 heavy (non-hydrogen) atoms. The van der Waals surface area contributed by atoms with Gasteiger partial charge in [0.15, 0.2) is 5.69 Å². The highest BCUT2D eigenvalue weighted by atomic mass is 19.4. The molecule has 0 aliphatic carbocycles. The average molecular weight is 293 g/mol. The predicted molar refractivity (Wildman–Crippen MR) is 71.1 cm³/mol. The van der Waals surface area contributed by atoms with Gasteiger partial charge in [-0.2, -0.15) is 13.2 Å². The number of anilines is 2. The number of halogens is 3. The highest BCUT2D eigenvalue weighted by molar-refractivity contribution is 5.77. The molecule has 0 aliphatic heterocycles. The van der Waals surface area contributed by atoms with Crippen LogP contribution in [0.25, 0.3) is 11.0 Å². The second-order valence-electron chi connectivity index (χ2n) is 4.45. The number of nitrogens with zero attached hydrogens (tertiary/aromatic N) is 3. The summed E-state index contributed by atoms with van der Waals surface area (Å²) in [5.74, 6) is 0.125. The molecular formula is C13H10F3N5. The zero-order valence-corrected chi connectivity index (χ0v) is 10.9. The van der Waals surface area contributed by atoms with Crippen molar-refractivity contribution in [3.63, 3.8) is 0 Å². The molecule has 8 heteroatoms. The lowest BCUT2D eigenvalue weighted by Gasteiger charge is -2.10. The van der Waals surface area contributed by atoms with E-state index in [-0.39, 0.29) is 17.5 Å². The third-order valence-corrected chi connectivity index (χ3v) is 2.86. The first kappa shape index (κ1) is 13.3. The molecule has 0 atom stereocenters. The zero-order chi connectivity index (χ0) is 15.0. The summed E-state index contributed by atoms with van der Waals surface area (Å²) in [6.45, 7) is 1.31. The van der Waals surface area contributed by atoms with Crippen LogP contribution in [0.5, 0.6) is 0 Å². The molecule has 2 aromatic heterocycles. The van der Waals surface area contributed by atoms with E-state index in [4.69, 9.17) is 0 Å². The van der Waals surface area contributed by atoms with Gasteiger partial charge in [-0.15, -0.1) is 0 Å². The minimum Gasteiger partial charge on any atom is -0.324 e. The van der Waals surface area contributed by atoms with E-state index in [1.807, 2.05) is 18.2 Å². The molecule has 0 aliphatic rings. The van der Waals surface area contributed by atoms with Gasteiger partial charge in [0.25, 0.3) is 0 Å². The minimum absolute atomic E-state index is 0.0299. The number of fused-ring (bicyclic) bond motifs is 1. The van der Waals surface area contributed by atoms with Crippen molar-refractivity contribution in [3.05, 3.63) is 41.7 Å². The maximum Gasteiger partial charge on any atom is 0.433 e. The third-order valence-electron chi connectivity index (χ3n) is 2.86. The predicted octanol–water partition coefficient (Wildman–Crippen LogP) is 3.42. The van der Waals surface area contributed by atoms with E-state index >= 15 is 0 Å². The standard InChI is InChI=1S/C13H10F3N5/c1-7-6-17-11(20-10(7)13(14,15)16)21-12-18-8-4-2-3-5-9(8)19-12/h2-6H,1H3,(H2,17,18,19,20,21). The number of H-pyrrole nitrogens is 1. The quantitative estimate of drug-likeness (QED) is 0.759. The van der Waals surface area contributed by atoms with Crippen molar-refractivity contribution in [1.82, 2.24) is 19.9 Å². The van der Waals surface area contributed by atoms with Crippen molar-refractivity contribution in [1.29, 1.82) is 0 Å². The number of para-hydroxylation sites is 2. The van der Waals surface area contributed by atoms with Crippen molar-refractivity contribution in [2.75, 3.05) is 5.32 Å². The molecule has 5 nitrogen and oxygen atoms in total. The van der Waals surface area contributed by atoms with Crippen LogP contribution >= 0.6 is 0 Å². The van der Waals surface area contributed by atoms with Crippen LogP contribution in [0, 0.1) is 6.92 Å². The molecule has 1 aromatic carbocycles. The number of rotatable bonds is 2. The molecule has 0 saturated heterocycles. The number of aromatic amines is 1. The molecule has 0 unspecified atom stereocenters. The highest BCUT2D eigenvalue weighted by Crippen LogP contribution is 2.30. The highest BCUT2D eigenvalue weighted by Gasteiger charge is 2.35. The van der Waals surface area contributed by atoms with Crippen molar-refractivity contribution in [2.45, 2.75) is 13.1 Å². The Morgan fingerprint density at radius 1 is 1.14 bits per heavy atom. The van der Waals surface area contributed by atoms with Crippen LogP contribution in [0.4, 0.5) is 25.1 Å². The van der Waals surface area contributed by atoms with Crippen LogP contribution in [0.15, 0.2) is 30.5 Å². The van der Waals surface area contributed by atoms with E-state index in [0.717, 1.165) is 11.7 Å². The zero-order valence-electron chi connectivity index (χ0n) is 10.9. The van der Waals surface area contributed by atoms with Crippen molar-refractivity contribution >= 4 is 22.9 Å². The first-order valence-electron chi connectivity index (χ1n) is 6.06. The van der Waals surface area contributed by atoms with Gasteiger partial charge in [-0.1, -0.05) is 12.1 Å². The number of alkyl halides is 3. The Balaban J connectivity index is 1.94. The van der Waals surface area contributed by atoms with Crippen molar-refractivity contribution in [3.8, 4) is 0 Å². The second-order valence-corrected chi connectivity index (χ2v) is 4.45. The molecular weight excluding hydrogens is 283 g/mol. The number of hydrogen-bond acceptors (Lipinski definition) is 4. The molecule has 0 spiro atoms. The summed E-state index contributed by atoms with van der Waals surface area (Å²) in [7, 11) is 0. The average Bonchev–Trinajstić information content (AvgIpc) is 2.82. The topological polar surface area (TPSA) is 66.5 Å². The van der Waals surface area contributed by atoms with Crippen LogP contribution in [-0.2, 0) is 6.18 Å². The SMILES string of the molecule is Cc1cnc(Nc2nc3ccccc3[nH]2)nc1C(F)(F)F. The van der Waals surface area contributed by atoms with Gasteiger partial charge >= 0.3 is 6.18 Å². The third kappa shape index (κ3) is 2.64. The molecule has 0 bridgehead atoms. The summed E-state index contributed by atoms with van der Waals surface area (Å²) < 4.78 is 38.4. The van der Waals surface area contributed by atoms with Gasteiger partial charge in [-0.3, -0.25) is 5.32 Å². The largest absolute Gasteiger partial charge is 0.433 e. The normalized spacial score (nSPS) is 11.8. The number of aromatic nitrogens is 4. The monoisotopic (exact) mass is 293 g/mol. The maximum atomic E-state index is 12.8. The summed E-state index contributed by atoms with van der Waals surface area (Å²) in [5, 5.41) is 2.64. The van der Waals surface area contributed by atoms with E-state index in [1.54, 1.807) is 6.07 Å². The van der Waals surface area contributed by atoms with Crippen molar-refractivity contribution < 1.29 is 13.2 Å². The number of benzene rings is 1. The first-order chi connectivity index (χ1) is 9.93. The van der Waals surface area contributed by atoms with Gasteiger partial charge in [0.1, 0.15) is 0 Å². The molecule has 108 valence electrons. The summed E-state index contributed by atoms with van der Waals surface area (Å²) in [5.41, 5.74) is 0.472. The van der Waals surface area contributed by atoms with Gasteiger partial charge < -0.3 is 4.98 Å². The number of nitrogens with one attached hydrogen (secondary N) is 2. The van der Waals surface area contributed by atoms with E-state index in [0.29, 0.717) is 5.52 Å². The fraction of sp³-hybridized carbons (Fsp3) is 0.154. The Morgan fingerprint density at radius 3 is 2.62 bits per heavy atom. The summed E-state index contributed by atoms with van der Waals surface area (Å²) in [6.07, 6.45) is -3.39. The summed E-state index contributed by atoms with van der Waals surface area (Å²) >= 11 is 0. The second kappa shape index (κ2) is 4.72. The van der Waals surface area contributed by atoms with E-state index in [2.05, 4.69) is 25.3 Å². The number of hydrogen-bond donors (Lipinski definition) is 2. The van der Waals surface area contributed by atoms with Gasteiger partial charge in [0.05, 0.1) is 11.0 Å². The van der Waals surface area contributed by atoms with E-state index < -0.39 is 11.9 Å². The Morgan fingerprint density at radius 2 is 1.90 bits per heavy atom. The molecule has 3 rings (SSSR count). The molecule has 0 fully saturated rings. The molecule has 2 heterocycles. The Hall–Kier alpha value is -2.64. The Kier molecular flexibility index (Phi) is 3.00. The molecule has 0 radical (unpaired) electrons. The van der Waals surface area contributed by atoms with E-state index in [1.165, 1.54) is 6.92 Å². The van der Waals surface area contributed by atoms with Crippen LogP contribution in [0.3, 0.4) is 0 Å². The summed E-state index contributed by atoms with van der Waals surface area (Å²) in [4.78, 5) is 14.5. The lowest BCUT2D eigenvalue weighted by Crippen LogP contribution is -2.13. The molecule has 0 amide bonds. The lowest BCUT2D eigenvalue weighted by atomic mass is 10.2. The Labute approximate surface area is 117 Å². The van der Waals surface area contributed by atoms with Gasteiger partial charge in [-0.05, 0) is 24.6 Å². The number of imidazole rings is 1. The lowest BCUT2D eigenvalue weighted by molar-refractivity contribution is -0.141.